The topological polar surface area (TPSA) is 12.0 Å². The van der Waals surface area contributed by atoms with E-state index in [4.69, 9.17) is 0 Å². The zero-order chi connectivity index (χ0) is 16.5. The number of hydrogen-bond acceptors (Lipinski definition) is 2. The summed E-state index contributed by atoms with van der Waals surface area (Å²) >= 11 is 2.26. The van der Waals surface area contributed by atoms with Crippen molar-refractivity contribution < 1.29 is 0 Å². The lowest BCUT2D eigenvalue weighted by molar-refractivity contribution is 0.555. The molecule has 0 aromatic heterocycles. The fourth-order valence-corrected chi connectivity index (χ4v) is 6.18. The molecular weight excluding hydrogens is 310 g/mol. The van der Waals surface area contributed by atoms with E-state index in [9.17, 15) is 0 Å². The molecule has 3 unspecified atom stereocenters. The van der Waals surface area contributed by atoms with Gasteiger partial charge in [-0.2, -0.15) is 0 Å². The van der Waals surface area contributed by atoms with Crippen molar-refractivity contribution >= 4 is 11.8 Å². The third-order valence-electron chi connectivity index (χ3n) is 5.80. The molecule has 0 radical (unpaired) electrons. The molecular formula is C22H29NS. The number of rotatable bonds is 3. The first-order valence-electron chi connectivity index (χ1n) is 9.59. The van der Waals surface area contributed by atoms with E-state index in [-0.39, 0.29) is 0 Å². The van der Waals surface area contributed by atoms with Gasteiger partial charge >= 0.3 is 0 Å². The third-order valence-corrected chi connectivity index (χ3v) is 7.51. The Labute approximate surface area is 151 Å². The van der Waals surface area contributed by atoms with Gasteiger partial charge in [0, 0.05) is 22.7 Å². The van der Waals surface area contributed by atoms with Crippen LogP contribution in [0, 0.1) is 11.8 Å². The number of nitrogens with one attached hydrogen (secondary N) is 1. The summed E-state index contributed by atoms with van der Waals surface area (Å²) in [6.07, 6.45) is 20.7. The lowest BCUT2D eigenvalue weighted by atomic mass is 9.85. The summed E-state index contributed by atoms with van der Waals surface area (Å²) in [6, 6.07) is 0. The molecule has 24 heavy (non-hydrogen) atoms. The van der Waals surface area contributed by atoms with Crippen molar-refractivity contribution in [2.75, 3.05) is 6.54 Å². The molecule has 0 amide bonds. The van der Waals surface area contributed by atoms with Gasteiger partial charge in [0.15, 0.2) is 0 Å². The maximum atomic E-state index is 3.70. The van der Waals surface area contributed by atoms with Gasteiger partial charge in [-0.05, 0) is 66.7 Å². The number of hydrogen-bond donors (Lipinski definition) is 1. The summed E-state index contributed by atoms with van der Waals surface area (Å²) in [6.45, 7) is 5.62. The standard InChI is InChI=1S/C22H29NS/c1-15(2)20-13-18(19(14-23-20)16-8-4-3-5-9-16)22-12-17-10-6-7-11-21(17)24-22/h3-4,6,8,10,13,15,17,21-23H,5,7,9,11-12,14H2,1-2H3. The predicted octanol–water partition coefficient (Wildman–Crippen LogP) is 5.54. The van der Waals surface area contributed by atoms with Gasteiger partial charge in [-0.1, -0.05) is 44.2 Å². The molecule has 0 spiro atoms. The van der Waals surface area contributed by atoms with Crippen LogP contribution in [-0.4, -0.2) is 17.0 Å². The van der Waals surface area contributed by atoms with Crippen molar-refractivity contribution in [3.8, 4) is 0 Å². The van der Waals surface area contributed by atoms with E-state index in [1.165, 1.54) is 37.8 Å². The van der Waals surface area contributed by atoms with Crippen molar-refractivity contribution in [2.45, 2.75) is 56.5 Å². The highest BCUT2D eigenvalue weighted by molar-refractivity contribution is 8.01. The van der Waals surface area contributed by atoms with Crippen LogP contribution in [-0.2, 0) is 0 Å². The molecule has 1 fully saturated rings. The van der Waals surface area contributed by atoms with Crippen molar-refractivity contribution in [3.63, 3.8) is 0 Å². The molecule has 4 rings (SSSR count). The summed E-state index contributed by atoms with van der Waals surface area (Å²) in [5.74, 6) is 1.38. The summed E-state index contributed by atoms with van der Waals surface area (Å²) in [7, 11) is 0. The molecule has 2 aliphatic heterocycles. The van der Waals surface area contributed by atoms with Gasteiger partial charge in [0.1, 0.15) is 0 Å². The molecule has 3 atom stereocenters. The van der Waals surface area contributed by atoms with E-state index in [2.05, 4.69) is 67.4 Å². The SMILES string of the molecule is CC(C)C1=CC(C2CC3C=CCCC3S2)=C(C2=CC=CCC2)CN1. The second-order valence-electron chi connectivity index (χ2n) is 7.77. The van der Waals surface area contributed by atoms with E-state index in [1.54, 1.807) is 16.7 Å². The van der Waals surface area contributed by atoms with E-state index in [0.717, 1.165) is 17.7 Å². The molecule has 0 aromatic rings. The maximum Gasteiger partial charge on any atom is 0.0403 e. The Hall–Kier alpha value is -1.15. The normalized spacial score (nSPS) is 32.5. The van der Waals surface area contributed by atoms with Gasteiger partial charge < -0.3 is 5.32 Å². The predicted molar refractivity (Wildman–Crippen MR) is 106 cm³/mol. The Morgan fingerprint density at radius 1 is 1.21 bits per heavy atom. The zero-order valence-electron chi connectivity index (χ0n) is 14.9. The van der Waals surface area contributed by atoms with Crippen LogP contribution in [0.25, 0.3) is 0 Å². The van der Waals surface area contributed by atoms with Crippen LogP contribution in [0.4, 0.5) is 0 Å². The summed E-state index contributed by atoms with van der Waals surface area (Å²) < 4.78 is 0. The van der Waals surface area contributed by atoms with Gasteiger partial charge in [0.2, 0.25) is 0 Å². The lowest BCUT2D eigenvalue weighted by Gasteiger charge is -2.29. The second kappa shape index (κ2) is 7.00. The van der Waals surface area contributed by atoms with Crippen molar-refractivity contribution in [1.82, 2.24) is 5.32 Å². The quantitative estimate of drug-likeness (QED) is 0.677. The Balaban J connectivity index is 1.68. The fraction of sp³-hybridized carbons (Fsp3) is 0.545. The third kappa shape index (κ3) is 3.18. The molecule has 1 nitrogen and oxygen atoms in total. The lowest BCUT2D eigenvalue weighted by Crippen LogP contribution is -2.28. The number of dihydropyridines is 1. The Morgan fingerprint density at radius 3 is 2.88 bits per heavy atom. The number of thioether (sulfide) groups is 1. The summed E-state index contributed by atoms with van der Waals surface area (Å²) in [5.41, 5.74) is 6.20. The Bertz CT molecular complexity index is 647. The van der Waals surface area contributed by atoms with Gasteiger partial charge in [0.05, 0.1) is 0 Å². The van der Waals surface area contributed by atoms with Gasteiger partial charge in [-0.15, -0.1) is 11.8 Å². The molecule has 1 saturated heterocycles. The average molecular weight is 340 g/mol. The molecule has 2 heterocycles. The fourth-order valence-electron chi connectivity index (χ4n) is 4.39. The van der Waals surface area contributed by atoms with Crippen molar-refractivity contribution in [2.24, 2.45) is 11.8 Å². The molecule has 2 aliphatic carbocycles. The minimum Gasteiger partial charge on any atom is -0.384 e. The van der Waals surface area contributed by atoms with Crippen LogP contribution in [0.2, 0.25) is 0 Å². The smallest absolute Gasteiger partial charge is 0.0403 e. The zero-order valence-corrected chi connectivity index (χ0v) is 15.7. The van der Waals surface area contributed by atoms with Crippen LogP contribution >= 0.6 is 11.8 Å². The second-order valence-corrected chi connectivity index (χ2v) is 9.22. The molecule has 4 aliphatic rings. The molecule has 128 valence electrons. The van der Waals surface area contributed by atoms with Gasteiger partial charge in [-0.3, -0.25) is 0 Å². The highest BCUT2D eigenvalue weighted by atomic mass is 32.2. The molecule has 0 aromatic carbocycles. The van der Waals surface area contributed by atoms with Crippen LogP contribution in [0.15, 0.2) is 58.9 Å². The monoisotopic (exact) mass is 339 g/mol. The Morgan fingerprint density at radius 2 is 2.12 bits per heavy atom. The van der Waals surface area contributed by atoms with Crippen molar-refractivity contribution in [3.05, 3.63) is 58.9 Å². The van der Waals surface area contributed by atoms with E-state index >= 15 is 0 Å². The van der Waals surface area contributed by atoms with Gasteiger partial charge in [-0.25, -0.2) is 0 Å². The van der Waals surface area contributed by atoms with Crippen LogP contribution in [0.5, 0.6) is 0 Å². The van der Waals surface area contributed by atoms with Gasteiger partial charge in [0.25, 0.3) is 0 Å². The maximum absolute atomic E-state index is 3.70. The van der Waals surface area contributed by atoms with Crippen LogP contribution in [0.3, 0.4) is 0 Å². The average Bonchev–Trinajstić information content (AvgIpc) is 3.06. The summed E-state index contributed by atoms with van der Waals surface area (Å²) in [4.78, 5) is 0. The van der Waals surface area contributed by atoms with E-state index in [0.29, 0.717) is 11.2 Å². The molecule has 2 heteroatoms. The number of fused-ring (bicyclic) bond motifs is 1. The van der Waals surface area contributed by atoms with Crippen LogP contribution in [0.1, 0.15) is 46.0 Å². The Kier molecular flexibility index (Phi) is 4.76. The first-order chi connectivity index (χ1) is 11.7. The highest BCUT2D eigenvalue weighted by Crippen LogP contribution is 2.48. The van der Waals surface area contributed by atoms with E-state index < -0.39 is 0 Å². The summed E-state index contributed by atoms with van der Waals surface area (Å²) in [5, 5.41) is 5.23. The highest BCUT2D eigenvalue weighted by Gasteiger charge is 2.37. The first-order valence-corrected chi connectivity index (χ1v) is 10.5. The van der Waals surface area contributed by atoms with Crippen LogP contribution < -0.4 is 5.32 Å². The minimum atomic E-state index is 0.579. The first kappa shape index (κ1) is 16.3. The van der Waals surface area contributed by atoms with Crippen molar-refractivity contribution in [1.29, 1.82) is 0 Å². The molecule has 0 saturated carbocycles. The minimum absolute atomic E-state index is 0.579. The van der Waals surface area contributed by atoms with E-state index in [1.807, 2.05) is 0 Å². The largest absolute Gasteiger partial charge is 0.384 e. The molecule has 0 bridgehead atoms. The number of allylic oxidation sites excluding steroid dienone is 7. The molecule has 1 N–H and O–H groups in total.